The molecule has 1 saturated carbocycles. The van der Waals surface area contributed by atoms with Crippen LogP contribution < -0.4 is 4.90 Å². The highest BCUT2D eigenvalue weighted by molar-refractivity contribution is 5.94. The van der Waals surface area contributed by atoms with Gasteiger partial charge < -0.3 is 9.64 Å². The smallest absolute Gasteiger partial charge is 0.274 e. The van der Waals surface area contributed by atoms with Gasteiger partial charge in [0, 0.05) is 30.9 Å². The fourth-order valence-corrected chi connectivity index (χ4v) is 4.09. The molecule has 0 bridgehead atoms. The number of benzene rings is 1. The molecule has 8 nitrogen and oxygen atoms in total. The number of rotatable bonds is 7. The number of nitrogens with zero attached hydrogens (tertiary/aromatic N) is 5. The van der Waals surface area contributed by atoms with Gasteiger partial charge in [0.2, 0.25) is 5.91 Å². The van der Waals surface area contributed by atoms with Gasteiger partial charge in [-0.25, -0.2) is 4.98 Å². The van der Waals surface area contributed by atoms with Gasteiger partial charge in [0.1, 0.15) is 12.4 Å². The SMILES string of the molecule is O=C(c1cc(C2CC2)n(CC(=O)N(Cc2ccccc2)c2ccccn2)n1)N1CCOCC1. The predicted octanol–water partition coefficient (Wildman–Crippen LogP) is 2.86. The van der Waals surface area contributed by atoms with E-state index >= 15 is 0 Å². The van der Waals surface area contributed by atoms with E-state index in [1.165, 1.54) is 0 Å². The van der Waals surface area contributed by atoms with Gasteiger partial charge in [0.15, 0.2) is 5.69 Å². The summed E-state index contributed by atoms with van der Waals surface area (Å²) in [5.74, 6) is 0.732. The van der Waals surface area contributed by atoms with Crippen molar-refractivity contribution in [3.8, 4) is 0 Å². The molecule has 0 spiro atoms. The lowest BCUT2D eigenvalue weighted by atomic mass is 10.2. The summed E-state index contributed by atoms with van der Waals surface area (Å²) in [6.45, 7) is 2.68. The van der Waals surface area contributed by atoms with E-state index in [-0.39, 0.29) is 18.4 Å². The summed E-state index contributed by atoms with van der Waals surface area (Å²) in [4.78, 5) is 34.3. The maximum absolute atomic E-state index is 13.5. The summed E-state index contributed by atoms with van der Waals surface area (Å²) < 4.78 is 7.07. The van der Waals surface area contributed by atoms with E-state index in [1.54, 1.807) is 20.7 Å². The molecule has 1 aromatic carbocycles. The van der Waals surface area contributed by atoms with Crippen LogP contribution in [-0.2, 0) is 22.6 Å². The third kappa shape index (κ3) is 4.96. The summed E-state index contributed by atoms with van der Waals surface area (Å²) in [6, 6.07) is 17.3. The Bertz CT molecular complexity index is 1110. The molecule has 2 aliphatic rings. The van der Waals surface area contributed by atoms with Crippen LogP contribution in [0.2, 0.25) is 0 Å². The number of carbonyl (C=O) groups is 2. The summed E-state index contributed by atoms with van der Waals surface area (Å²) in [5, 5.41) is 4.59. The molecule has 3 heterocycles. The van der Waals surface area contributed by atoms with E-state index in [2.05, 4.69) is 10.1 Å². The lowest BCUT2D eigenvalue weighted by Gasteiger charge is -2.26. The van der Waals surface area contributed by atoms with Crippen molar-refractivity contribution in [3.63, 3.8) is 0 Å². The quantitative estimate of drug-likeness (QED) is 0.559. The number of ether oxygens (including phenoxy) is 1. The molecule has 2 amide bonds. The third-order valence-corrected chi connectivity index (χ3v) is 6.02. The molecule has 0 radical (unpaired) electrons. The molecule has 1 saturated heterocycles. The summed E-state index contributed by atoms with van der Waals surface area (Å²) in [5.41, 5.74) is 2.38. The van der Waals surface area contributed by atoms with Crippen LogP contribution in [0.3, 0.4) is 0 Å². The maximum atomic E-state index is 13.5. The third-order valence-electron chi connectivity index (χ3n) is 6.02. The summed E-state index contributed by atoms with van der Waals surface area (Å²) in [6.07, 6.45) is 3.79. The van der Waals surface area contributed by atoms with E-state index in [9.17, 15) is 9.59 Å². The fraction of sp³-hybridized carbons (Fsp3) is 0.360. The van der Waals surface area contributed by atoms with Crippen LogP contribution in [0.15, 0.2) is 60.8 Å². The minimum Gasteiger partial charge on any atom is -0.378 e. The monoisotopic (exact) mass is 445 g/mol. The molecule has 0 atom stereocenters. The zero-order valence-electron chi connectivity index (χ0n) is 18.5. The zero-order chi connectivity index (χ0) is 22.6. The second kappa shape index (κ2) is 9.54. The second-order valence-electron chi connectivity index (χ2n) is 8.44. The zero-order valence-corrected chi connectivity index (χ0v) is 18.5. The van der Waals surface area contributed by atoms with Crippen LogP contribution in [0, 0.1) is 0 Å². The van der Waals surface area contributed by atoms with Crippen molar-refractivity contribution in [2.75, 3.05) is 31.2 Å². The minimum atomic E-state index is -0.118. The van der Waals surface area contributed by atoms with E-state index < -0.39 is 0 Å². The molecule has 0 unspecified atom stereocenters. The van der Waals surface area contributed by atoms with Crippen molar-refractivity contribution in [2.45, 2.75) is 31.8 Å². The molecule has 33 heavy (non-hydrogen) atoms. The summed E-state index contributed by atoms with van der Waals surface area (Å²) in [7, 11) is 0. The van der Waals surface area contributed by atoms with Gasteiger partial charge in [-0.1, -0.05) is 36.4 Å². The van der Waals surface area contributed by atoms with Crippen molar-refractivity contribution < 1.29 is 14.3 Å². The van der Waals surface area contributed by atoms with Crippen molar-refractivity contribution in [1.82, 2.24) is 19.7 Å². The highest BCUT2D eigenvalue weighted by Gasteiger charge is 2.32. The fourth-order valence-electron chi connectivity index (χ4n) is 4.09. The first-order chi connectivity index (χ1) is 16.2. The Balaban J connectivity index is 1.39. The van der Waals surface area contributed by atoms with E-state index in [0.29, 0.717) is 50.3 Å². The van der Waals surface area contributed by atoms with Crippen molar-refractivity contribution >= 4 is 17.6 Å². The maximum Gasteiger partial charge on any atom is 0.274 e. The minimum absolute atomic E-state index is 0.0611. The lowest BCUT2D eigenvalue weighted by molar-refractivity contribution is -0.119. The molecule has 3 aromatic rings. The molecule has 0 N–H and O–H groups in total. The highest BCUT2D eigenvalue weighted by atomic mass is 16.5. The van der Waals surface area contributed by atoms with Gasteiger partial charge in [0.25, 0.3) is 5.91 Å². The van der Waals surface area contributed by atoms with Gasteiger partial charge in [0.05, 0.1) is 19.8 Å². The molecule has 2 fully saturated rings. The standard InChI is InChI=1S/C25H27N5O3/c31-24(29(23-8-4-5-11-26-23)17-19-6-2-1-3-7-19)18-30-22(20-9-10-20)16-21(27-30)25(32)28-12-14-33-15-13-28/h1-8,11,16,20H,9-10,12-15,17-18H2. The highest BCUT2D eigenvalue weighted by Crippen LogP contribution is 2.40. The Morgan fingerprint density at radius 2 is 1.79 bits per heavy atom. The number of amides is 2. The van der Waals surface area contributed by atoms with Crippen LogP contribution in [0.4, 0.5) is 5.82 Å². The Labute approximate surface area is 192 Å². The molecule has 1 aliphatic heterocycles. The first kappa shape index (κ1) is 21.3. The predicted molar refractivity (Wildman–Crippen MR) is 123 cm³/mol. The average Bonchev–Trinajstić information content (AvgIpc) is 3.63. The van der Waals surface area contributed by atoms with Crippen molar-refractivity contribution in [2.24, 2.45) is 0 Å². The molecule has 8 heteroatoms. The molecule has 170 valence electrons. The normalized spacial score (nSPS) is 15.9. The second-order valence-corrected chi connectivity index (χ2v) is 8.44. The number of hydrogen-bond donors (Lipinski definition) is 0. The van der Waals surface area contributed by atoms with Gasteiger partial charge in [-0.3, -0.25) is 19.2 Å². The number of pyridine rings is 1. The molecule has 2 aromatic heterocycles. The van der Waals surface area contributed by atoms with E-state index in [0.717, 1.165) is 24.1 Å². The lowest BCUT2D eigenvalue weighted by Crippen LogP contribution is -2.41. The first-order valence-electron chi connectivity index (χ1n) is 11.4. The van der Waals surface area contributed by atoms with Gasteiger partial charge in [-0.05, 0) is 36.6 Å². The van der Waals surface area contributed by atoms with E-state index in [1.807, 2.05) is 54.6 Å². The van der Waals surface area contributed by atoms with Crippen molar-refractivity contribution in [1.29, 1.82) is 0 Å². The van der Waals surface area contributed by atoms with E-state index in [4.69, 9.17) is 4.74 Å². The van der Waals surface area contributed by atoms with Crippen LogP contribution in [0.1, 0.15) is 40.5 Å². The van der Waals surface area contributed by atoms with Gasteiger partial charge >= 0.3 is 0 Å². The number of carbonyl (C=O) groups excluding carboxylic acids is 2. The number of anilines is 1. The molecular weight excluding hydrogens is 418 g/mol. The van der Waals surface area contributed by atoms with Crippen LogP contribution >= 0.6 is 0 Å². The molecule has 5 rings (SSSR count). The van der Waals surface area contributed by atoms with Crippen LogP contribution in [0.5, 0.6) is 0 Å². The number of hydrogen-bond acceptors (Lipinski definition) is 5. The largest absolute Gasteiger partial charge is 0.378 e. The number of morpholine rings is 1. The Kier molecular flexibility index (Phi) is 6.17. The first-order valence-corrected chi connectivity index (χ1v) is 11.4. The van der Waals surface area contributed by atoms with Gasteiger partial charge in [-0.2, -0.15) is 5.10 Å². The Morgan fingerprint density at radius 3 is 2.48 bits per heavy atom. The van der Waals surface area contributed by atoms with Crippen LogP contribution in [0.25, 0.3) is 0 Å². The van der Waals surface area contributed by atoms with Gasteiger partial charge in [-0.15, -0.1) is 0 Å². The molecular formula is C25H27N5O3. The summed E-state index contributed by atoms with van der Waals surface area (Å²) >= 11 is 0. The van der Waals surface area contributed by atoms with Crippen molar-refractivity contribution in [3.05, 3.63) is 77.7 Å². The molecule has 1 aliphatic carbocycles. The average molecular weight is 446 g/mol. The number of aromatic nitrogens is 3. The van der Waals surface area contributed by atoms with Crippen LogP contribution in [-0.4, -0.2) is 57.8 Å². The Morgan fingerprint density at radius 1 is 1.03 bits per heavy atom. The topological polar surface area (TPSA) is 80.6 Å². The Hall–Kier alpha value is -3.52.